The molecule has 32 heavy (non-hydrogen) atoms. The van der Waals surface area contributed by atoms with Gasteiger partial charge in [0.05, 0.1) is 12.6 Å². The van der Waals surface area contributed by atoms with Crippen LogP contribution in [0.1, 0.15) is 50.8 Å². The standard InChI is InChI=1S/C25H33N3O4/c1-19-8-5-10-21(16-19)31-15-7-11-23(29)28-14-13-27(24(30)32-25(2,3)4)18-22(28)20-9-6-12-26-17-20/h5-6,8-10,12,16-17,22H,7,11,13-15,18H2,1-4H3/t22-/m1/s1. The van der Waals surface area contributed by atoms with Crippen molar-refractivity contribution in [2.75, 3.05) is 26.2 Å². The number of nitrogens with zero attached hydrogens (tertiary/aromatic N) is 3. The number of ether oxygens (including phenoxy) is 2. The molecule has 2 aromatic rings. The van der Waals surface area contributed by atoms with Crippen LogP contribution in [0.25, 0.3) is 0 Å². The summed E-state index contributed by atoms with van der Waals surface area (Å²) in [7, 11) is 0. The van der Waals surface area contributed by atoms with E-state index in [2.05, 4.69) is 4.98 Å². The summed E-state index contributed by atoms with van der Waals surface area (Å²) < 4.78 is 11.3. The number of pyridine rings is 1. The second-order valence-electron chi connectivity index (χ2n) is 9.08. The molecule has 1 saturated heterocycles. The molecule has 7 heteroatoms. The first kappa shape index (κ1) is 23.6. The van der Waals surface area contributed by atoms with Crippen molar-refractivity contribution in [3.63, 3.8) is 0 Å². The van der Waals surface area contributed by atoms with Gasteiger partial charge in [0.15, 0.2) is 0 Å². The summed E-state index contributed by atoms with van der Waals surface area (Å²) in [6.07, 6.45) is 4.11. The number of aromatic nitrogens is 1. The molecule has 0 radical (unpaired) electrons. The zero-order valence-corrected chi connectivity index (χ0v) is 19.4. The van der Waals surface area contributed by atoms with Crippen LogP contribution in [0.5, 0.6) is 5.75 Å². The summed E-state index contributed by atoms with van der Waals surface area (Å²) in [5.41, 5.74) is 1.48. The van der Waals surface area contributed by atoms with Gasteiger partial charge < -0.3 is 19.3 Å². The number of aryl methyl sites for hydroxylation is 1. The zero-order valence-electron chi connectivity index (χ0n) is 19.4. The van der Waals surface area contributed by atoms with E-state index in [0.717, 1.165) is 16.9 Å². The molecule has 0 N–H and O–H groups in total. The molecule has 0 bridgehead atoms. The molecular formula is C25H33N3O4. The highest BCUT2D eigenvalue weighted by Crippen LogP contribution is 2.27. The van der Waals surface area contributed by atoms with Crippen LogP contribution in [0, 0.1) is 6.92 Å². The summed E-state index contributed by atoms with van der Waals surface area (Å²) in [5, 5.41) is 0. The lowest BCUT2D eigenvalue weighted by Gasteiger charge is -2.41. The summed E-state index contributed by atoms with van der Waals surface area (Å²) in [6.45, 7) is 9.32. The molecule has 1 aliphatic rings. The fourth-order valence-corrected chi connectivity index (χ4v) is 3.69. The Morgan fingerprint density at radius 3 is 2.66 bits per heavy atom. The Bertz CT molecular complexity index is 911. The van der Waals surface area contributed by atoms with Gasteiger partial charge in [0.1, 0.15) is 11.4 Å². The first-order chi connectivity index (χ1) is 15.2. The van der Waals surface area contributed by atoms with E-state index in [-0.39, 0.29) is 18.0 Å². The molecule has 0 unspecified atom stereocenters. The number of hydrogen-bond donors (Lipinski definition) is 0. The third kappa shape index (κ3) is 6.70. The first-order valence-electron chi connectivity index (χ1n) is 11.1. The lowest BCUT2D eigenvalue weighted by molar-refractivity contribution is -0.136. The molecule has 1 aromatic carbocycles. The smallest absolute Gasteiger partial charge is 0.410 e. The Morgan fingerprint density at radius 2 is 1.97 bits per heavy atom. The Morgan fingerprint density at radius 1 is 1.16 bits per heavy atom. The molecule has 1 aliphatic heterocycles. The van der Waals surface area contributed by atoms with Gasteiger partial charge in [-0.3, -0.25) is 9.78 Å². The van der Waals surface area contributed by atoms with Crippen molar-refractivity contribution in [2.45, 2.75) is 52.2 Å². The third-order valence-corrected chi connectivity index (χ3v) is 5.21. The van der Waals surface area contributed by atoms with Crippen molar-refractivity contribution in [1.29, 1.82) is 0 Å². The van der Waals surface area contributed by atoms with E-state index < -0.39 is 5.60 Å². The molecule has 0 spiro atoms. The molecule has 3 rings (SSSR count). The van der Waals surface area contributed by atoms with Crippen molar-refractivity contribution >= 4 is 12.0 Å². The molecule has 0 saturated carbocycles. The SMILES string of the molecule is Cc1cccc(OCCCC(=O)N2CCN(C(=O)OC(C)(C)C)C[C@@H]2c2cccnc2)c1. The molecule has 2 amide bonds. The van der Waals surface area contributed by atoms with Gasteiger partial charge in [-0.15, -0.1) is 0 Å². The van der Waals surface area contributed by atoms with Gasteiger partial charge in [-0.25, -0.2) is 4.79 Å². The minimum Gasteiger partial charge on any atom is -0.494 e. The Hall–Kier alpha value is -3.09. The second kappa shape index (κ2) is 10.5. The summed E-state index contributed by atoms with van der Waals surface area (Å²) in [6, 6.07) is 11.4. The average molecular weight is 440 g/mol. The molecule has 7 nitrogen and oxygen atoms in total. The monoisotopic (exact) mass is 439 g/mol. The number of rotatable bonds is 6. The molecule has 1 atom stereocenters. The molecule has 1 fully saturated rings. The van der Waals surface area contributed by atoms with E-state index in [1.165, 1.54) is 0 Å². The van der Waals surface area contributed by atoms with E-state index in [4.69, 9.17) is 9.47 Å². The van der Waals surface area contributed by atoms with Crippen LogP contribution in [-0.2, 0) is 9.53 Å². The van der Waals surface area contributed by atoms with Crippen molar-refractivity contribution in [3.8, 4) is 5.75 Å². The molecule has 172 valence electrons. The van der Waals surface area contributed by atoms with E-state index in [1.54, 1.807) is 17.3 Å². The third-order valence-electron chi connectivity index (χ3n) is 5.21. The number of piperazine rings is 1. The predicted octanol–water partition coefficient (Wildman–Crippen LogP) is 4.37. The van der Waals surface area contributed by atoms with E-state index in [0.29, 0.717) is 39.1 Å². The molecule has 0 aliphatic carbocycles. The van der Waals surface area contributed by atoms with Gasteiger partial charge in [0.25, 0.3) is 0 Å². The van der Waals surface area contributed by atoms with Crippen LogP contribution in [0.2, 0.25) is 0 Å². The van der Waals surface area contributed by atoms with Crippen LogP contribution in [0.3, 0.4) is 0 Å². The maximum absolute atomic E-state index is 13.1. The summed E-state index contributed by atoms with van der Waals surface area (Å²) in [4.78, 5) is 33.4. The van der Waals surface area contributed by atoms with Crippen LogP contribution < -0.4 is 4.74 Å². The minimum absolute atomic E-state index is 0.0514. The maximum atomic E-state index is 13.1. The summed E-state index contributed by atoms with van der Waals surface area (Å²) in [5.74, 6) is 0.868. The van der Waals surface area contributed by atoms with Crippen LogP contribution in [0.15, 0.2) is 48.8 Å². The van der Waals surface area contributed by atoms with Gasteiger partial charge in [-0.2, -0.15) is 0 Å². The molecule has 1 aromatic heterocycles. The minimum atomic E-state index is -0.564. The van der Waals surface area contributed by atoms with Gasteiger partial charge in [0, 0.05) is 38.4 Å². The van der Waals surface area contributed by atoms with Crippen molar-refractivity contribution in [3.05, 3.63) is 59.9 Å². The number of hydrogen-bond acceptors (Lipinski definition) is 5. The summed E-state index contributed by atoms with van der Waals surface area (Å²) >= 11 is 0. The van der Waals surface area contributed by atoms with Gasteiger partial charge >= 0.3 is 6.09 Å². The fourth-order valence-electron chi connectivity index (χ4n) is 3.69. The number of carbonyl (C=O) groups excluding carboxylic acids is 2. The number of carbonyl (C=O) groups is 2. The molecule has 2 heterocycles. The number of benzene rings is 1. The van der Waals surface area contributed by atoms with Gasteiger partial charge in [-0.05, 0) is 63.4 Å². The van der Waals surface area contributed by atoms with E-state index in [1.807, 2.05) is 69.0 Å². The van der Waals surface area contributed by atoms with Crippen LogP contribution >= 0.6 is 0 Å². The van der Waals surface area contributed by atoms with Crippen LogP contribution in [0.4, 0.5) is 4.79 Å². The highest BCUT2D eigenvalue weighted by atomic mass is 16.6. The maximum Gasteiger partial charge on any atom is 0.410 e. The largest absolute Gasteiger partial charge is 0.494 e. The lowest BCUT2D eigenvalue weighted by Crippen LogP contribution is -2.53. The van der Waals surface area contributed by atoms with Crippen molar-refractivity contribution in [2.24, 2.45) is 0 Å². The topological polar surface area (TPSA) is 72.0 Å². The number of amides is 2. The van der Waals surface area contributed by atoms with Gasteiger partial charge in [-0.1, -0.05) is 18.2 Å². The van der Waals surface area contributed by atoms with Crippen molar-refractivity contribution < 1.29 is 19.1 Å². The highest BCUT2D eigenvalue weighted by molar-refractivity contribution is 5.77. The fraction of sp³-hybridized carbons (Fsp3) is 0.480. The Kier molecular flexibility index (Phi) is 7.72. The Balaban J connectivity index is 1.61. The zero-order chi connectivity index (χ0) is 23.1. The average Bonchev–Trinajstić information content (AvgIpc) is 2.75. The second-order valence-corrected chi connectivity index (χ2v) is 9.08. The highest BCUT2D eigenvalue weighted by Gasteiger charge is 2.35. The normalized spacial score (nSPS) is 16.6. The Labute approximate surface area is 190 Å². The quantitative estimate of drug-likeness (QED) is 0.625. The van der Waals surface area contributed by atoms with E-state index >= 15 is 0 Å². The van der Waals surface area contributed by atoms with Gasteiger partial charge in [0.2, 0.25) is 5.91 Å². The molecular weight excluding hydrogens is 406 g/mol. The van der Waals surface area contributed by atoms with E-state index in [9.17, 15) is 9.59 Å². The van der Waals surface area contributed by atoms with Crippen LogP contribution in [-0.4, -0.2) is 58.6 Å². The first-order valence-corrected chi connectivity index (χ1v) is 11.1. The lowest BCUT2D eigenvalue weighted by atomic mass is 10.0. The predicted molar refractivity (Wildman–Crippen MR) is 122 cm³/mol. The van der Waals surface area contributed by atoms with Crippen molar-refractivity contribution in [1.82, 2.24) is 14.8 Å².